The van der Waals surface area contributed by atoms with E-state index in [2.05, 4.69) is 28.2 Å². The van der Waals surface area contributed by atoms with Crippen molar-refractivity contribution in [3.8, 4) is 0 Å². The highest BCUT2D eigenvalue weighted by molar-refractivity contribution is 8.00. The summed E-state index contributed by atoms with van der Waals surface area (Å²) in [6, 6.07) is 12.3. The molecule has 0 aliphatic heterocycles. The van der Waals surface area contributed by atoms with Gasteiger partial charge in [-0.1, -0.05) is 23.9 Å². The van der Waals surface area contributed by atoms with E-state index in [0.29, 0.717) is 0 Å². The van der Waals surface area contributed by atoms with Crippen LogP contribution in [0.4, 0.5) is 0 Å². The van der Waals surface area contributed by atoms with Gasteiger partial charge in [0.15, 0.2) is 4.34 Å². The molecule has 0 radical (unpaired) electrons. The third kappa shape index (κ3) is 2.48. The number of aromatic nitrogens is 2. The van der Waals surface area contributed by atoms with Crippen LogP contribution in [-0.4, -0.2) is 9.97 Å². The van der Waals surface area contributed by atoms with Crippen LogP contribution in [0.3, 0.4) is 0 Å². The molecule has 0 fully saturated rings. The Morgan fingerprint density at radius 2 is 1.88 bits per heavy atom. The molecule has 0 spiro atoms. The number of nitrogens with zero attached hydrogens (tertiary/aromatic N) is 2. The molecule has 0 aliphatic rings. The van der Waals surface area contributed by atoms with Gasteiger partial charge in [0.1, 0.15) is 0 Å². The molecule has 0 saturated heterocycles. The van der Waals surface area contributed by atoms with Crippen molar-refractivity contribution < 1.29 is 0 Å². The van der Waals surface area contributed by atoms with Gasteiger partial charge in [0.2, 0.25) is 0 Å². The Bertz CT molecular complexity index is 586. The Morgan fingerprint density at radius 1 is 1.06 bits per heavy atom. The molecule has 0 amide bonds. The fourth-order valence-corrected chi connectivity index (χ4v) is 3.56. The lowest BCUT2D eigenvalue weighted by molar-refractivity contribution is 1.26. The maximum absolute atomic E-state index is 4.59. The fraction of sp³-hybridized carbons (Fsp3) is 0.0769. The standard InChI is InChI=1S/C13H10N2S2/c1-2-4-12-11(3-1)15-13(17-12)16-9-10-5-7-14-8-6-10/h1-8H,9H2. The summed E-state index contributed by atoms with van der Waals surface area (Å²) in [6.07, 6.45) is 3.66. The van der Waals surface area contributed by atoms with Gasteiger partial charge in [-0.2, -0.15) is 0 Å². The van der Waals surface area contributed by atoms with Gasteiger partial charge in [-0.3, -0.25) is 4.98 Å². The van der Waals surface area contributed by atoms with Crippen LogP contribution in [0.1, 0.15) is 5.56 Å². The number of para-hydroxylation sites is 1. The van der Waals surface area contributed by atoms with Crippen molar-refractivity contribution in [2.45, 2.75) is 10.1 Å². The number of benzene rings is 1. The molecule has 0 aliphatic carbocycles. The normalized spacial score (nSPS) is 10.8. The first-order valence-electron chi connectivity index (χ1n) is 5.29. The van der Waals surface area contributed by atoms with Gasteiger partial charge < -0.3 is 0 Å². The molecular formula is C13H10N2S2. The number of fused-ring (bicyclic) bond motifs is 1. The number of rotatable bonds is 3. The molecule has 84 valence electrons. The van der Waals surface area contributed by atoms with E-state index in [4.69, 9.17) is 0 Å². The van der Waals surface area contributed by atoms with E-state index in [9.17, 15) is 0 Å². The molecule has 4 heteroatoms. The summed E-state index contributed by atoms with van der Waals surface area (Å²) < 4.78 is 2.38. The van der Waals surface area contributed by atoms with Crippen molar-refractivity contribution >= 4 is 33.3 Å². The van der Waals surface area contributed by atoms with Crippen LogP contribution >= 0.6 is 23.1 Å². The van der Waals surface area contributed by atoms with Crippen LogP contribution in [0.15, 0.2) is 53.1 Å². The van der Waals surface area contributed by atoms with Crippen molar-refractivity contribution in [2.75, 3.05) is 0 Å². The number of hydrogen-bond donors (Lipinski definition) is 0. The van der Waals surface area contributed by atoms with E-state index in [0.717, 1.165) is 15.6 Å². The molecule has 0 bridgehead atoms. The highest BCUT2D eigenvalue weighted by Crippen LogP contribution is 2.31. The first-order valence-corrected chi connectivity index (χ1v) is 7.09. The number of pyridine rings is 1. The second-order valence-electron chi connectivity index (χ2n) is 3.59. The lowest BCUT2D eigenvalue weighted by atomic mass is 10.3. The molecule has 2 heterocycles. The summed E-state index contributed by atoms with van der Waals surface area (Å²) >= 11 is 3.53. The van der Waals surface area contributed by atoms with Crippen molar-refractivity contribution in [2.24, 2.45) is 0 Å². The Labute approximate surface area is 108 Å². The van der Waals surface area contributed by atoms with E-state index >= 15 is 0 Å². The minimum absolute atomic E-state index is 0.947. The molecule has 0 N–H and O–H groups in total. The average Bonchev–Trinajstić information content (AvgIpc) is 2.80. The van der Waals surface area contributed by atoms with Crippen LogP contribution < -0.4 is 0 Å². The first kappa shape index (κ1) is 10.7. The van der Waals surface area contributed by atoms with E-state index in [1.165, 1.54) is 10.3 Å². The molecule has 3 rings (SSSR count). The molecule has 3 aromatic rings. The lowest BCUT2D eigenvalue weighted by Crippen LogP contribution is -1.79. The summed E-state index contributed by atoms with van der Waals surface area (Å²) in [7, 11) is 0. The molecule has 0 unspecified atom stereocenters. The van der Waals surface area contributed by atoms with Gasteiger partial charge in [0.05, 0.1) is 10.2 Å². The average molecular weight is 258 g/mol. The summed E-state index contributed by atoms with van der Waals surface area (Å²) in [4.78, 5) is 8.61. The zero-order valence-electron chi connectivity index (χ0n) is 9.04. The SMILES string of the molecule is c1ccc2sc(SCc3ccncc3)nc2c1. The minimum atomic E-state index is 0.947. The van der Waals surface area contributed by atoms with Crippen LogP contribution in [0.25, 0.3) is 10.2 Å². The van der Waals surface area contributed by atoms with Crippen LogP contribution in [0, 0.1) is 0 Å². The highest BCUT2D eigenvalue weighted by atomic mass is 32.2. The van der Waals surface area contributed by atoms with Gasteiger partial charge in [0, 0.05) is 18.1 Å². The molecule has 0 saturated carbocycles. The van der Waals surface area contributed by atoms with E-state index in [-0.39, 0.29) is 0 Å². The minimum Gasteiger partial charge on any atom is -0.265 e. The summed E-state index contributed by atoms with van der Waals surface area (Å²) in [5, 5.41) is 0. The predicted octanol–water partition coefficient (Wildman–Crippen LogP) is 3.98. The molecule has 1 aromatic carbocycles. The van der Waals surface area contributed by atoms with E-state index < -0.39 is 0 Å². The Hall–Kier alpha value is -1.39. The van der Waals surface area contributed by atoms with Crippen LogP contribution in [0.5, 0.6) is 0 Å². The lowest BCUT2D eigenvalue weighted by Gasteiger charge is -1.96. The number of hydrogen-bond acceptors (Lipinski definition) is 4. The molecule has 2 aromatic heterocycles. The maximum Gasteiger partial charge on any atom is 0.151 e. The Morgan fingerprint density at radius 3 is 2.71 bits per heavy atom. The summed E-state index contributed by atoms with van der Waals surface area (Å²) in [5.41, 5.74) is 2.37. The van der Waals surface area contributed by atoms with Gasteiger partial charge >= 0.3 is 0 Å². The van der Waals surface area contributed by atoms with Gasteiger partial charge in [-0.15, -0.1) is 11.3 Å². The molecule has 2 nitrogen and oxygen atoms in total. The van der Waals surface area contributed by atoms with Crippen molar-refractivity contribution in [1.82, 2.24) is 9.97 Å². The monoisotopic (exact) mass is 258 g/mol. The van der Waals surface area contributed by atoms with E-state index in [1.54, 1.807) is 23.1 Å². The topological polar surface area (TPSA) is 25.8 Å². The van der Waals surface area contributed by atoms with Crippen LogP contribution in [-0.2, 0) is 5.75 Å². The van der Waals surface area contributed by atoms with Crippen LogP contribution in [0.2, 0.25) is 0 Å². The number of thioether (sulfide) groups is 1. The molecular weight excluding hydrogens is 248 g/mol. The third-order valence-corrected chi connectivity index (χ3v) is 4.64. The second kappa shape index (κ2) is 4.85. The quantitative estimate of drug-likeness (QED) is 0.664. The Kier molecular flexibility index (Phi) is 3.07. The smallest absolute Gasteiger partial charge is 0.151 e. The largest absolute Gasteiger partial charge is 0.265 e. The highest BCUT2D eigenvalue weighted by Gasteiger charge is 2.03. The summed E-state index contributed by atoms with van der Waals surface area (Å²) in [5.74, 6) is 0.947. The van der Waals surface area contributed by atoms with Crippen molar-refractivity contribution in [1.29, 1.82) is 0 Å². The maximum atomic E-state index is 4.59. The third-order valence-electron chi connectivity index (χ3n) is 2.39. The zero-order chi connectivity index (χ0) is 11.5. The van der Waals surface area contributed by atoms with Crippen molar-refractivity contribution in [3.63, 3.8) is 0 Å². The Balaban J connectivity index is 1.77. The van der Waals surface area contributed by atoms with Gasteiger partial charge in [0.25, 0.3) is 0 Å². The van der Waals surface area contributed by atoms with Gasteiger partial charge in [-0.25, -0.2) is 4.98 Å². The predicted molar refractivity (Wildman–Crippen MR) is 73.4 cm³/mol. The second-order valence-corrected chi connectivity index (χ2v) is 5.84. The molecule has 0 atom stereocenters. The summed E-state index contributed by atoms with van der Waals surface area (Å²) in [6.45, 7) is 0. The van der Waals surface area contributed by atoms with E-state index in [1.807, 2.05) is 30.6 Å². The molecule has 17 heavy (non-hydrogen) atoms. The fourth-order valence-electron chi connectivity index (χ4n) is 1.54. The number of thiazole rings is 1. The van der Waals surface area contributed by atoms with Crippen molar-refractivity contribution in [3.05, 3.63) is 54.4 Å². The van der Waals surface area contributed by atoms with Gasteiger partial charge in [-0.05, 0) is 29.8 Å². The zero-order valence-corrected chi connectivity index (χ0v) is 10.7. The first-order chi connectivity index (χ1) is 8.42.